The Morgan fingerprint density at radius 3 is 2.36 bits per heavy atom. The van der Waals surface area contributed by atoms with Crippen LogP contribution >= 0.6 is 12.4 Å². The van der Waals surface area contributed by atoms with Crippen molar-refractivity contribution >= 4 is 29.9 Å². The maximum absolute atomic E-state index is 11.9. The summed E-state index contributed by atoms with van der Waals surface area (Å²) in [7, 11) is 1.66. The number of carbonyl (C=O) groups is 2. The monoisotopic (exact) mass is 327 g/mol. The minimum absolute atomic E-state index is 0. The molecule has 0 fully saturated rings. The average molecular weight is 328 g/mol. The molecule has 3 N–H and O–H groups in total. The van der Waals surface area contributed by atoms with E-state index >= 15 is 0 Å². The zero-order valence-corrected chi connectivity index (χ0v) is 13.9. The molecule has 0 radical (unpaired) electrons. The van der Waals surface area contributed by atoms with Gasteiger partial charge in [0.25, 0.3) is 0 Å². The van der Waals surface area contributed by atoms with Crippen molar-refractivity contribution in [3.8, 4) is 0 Å². The summed E-state index contributed by atoms with van der Waals surface area (Å²) in [5.74, 6) is -0.175. The number of nitrogens with two attached hydrogens (primary N) is 1. The molecule has 124 valence electrons. The Morgan fingerprint density at radius 1 is 1.09 bits per heavy atom. The molecule has 1 aromatic carbocycles. The third-order valence-electron chi connectivity index (χ3n) is 3.21. The first kappa shape index (κ1) is 20.4. The summed E-state index contributed by atoms with van der Waals surface area (Å²) >= 11 is 0. The number of para-hydroxylation sites is 1. The van der Waals surface area contributed by atoms with Gasteiger partial charge in [0.05, 0.1) is 6.54 Å². The van der Waals surface area contributed by atoms with Gasteiger partial charge in [-0.05, 0) is 31.5 Å². The number of benzene rings is 1. The molecule has 1 aromatic rings. The number of halogens is 1. The fourth-order valence-electron chi connectivity index (χ4n) is 1.99. The highest BCUT2D eigenvalue weighted by Gasteiger charge is 2.12. The Balaban J connectivity index is 0.00000441. The second-order valence-corrected chi connectivity index (χ2v) is 5.12. The van der Waals surface area contributed by atoms with Gasteiger partial charge in [0.15, 0.2) is 0 Å². The normalized spacial score (nSPS) is 9.73. The zero-order chi connectivity index (χ0) is 15.5. The number of hydrogen-bond donors (Lipinski definition) is 2. The Morgan fingerprint density at radius 2 is 1.73 bits per heavy atom. The van der Waals surface area contributed by atoms with Crippen LogP contribution in [0, 0.1) is 0 Å². The molecule has 0 unspecified atom stereocenters. The van der Waals surface area contributed by atoms with E-state index in [4.69, 9.17) is 5.73 Å². The van der Waals surface area contributed by atoms with Gasteiger partial charge < -0.3 is 16.0 Å². The maximum atomic E-state index is 11.9. The molecule has 0 heterocycles. The van der Waals surface area contributed by atoms with Gasteiger partial charge in [-0.25, -0.2) is 0 Å². The minimum Gasteiger partial charge on any atom is -0.336 e. The molecule has 0 aromatic heterocycles. The highest BCUT2D eigenvalue weighted by Crippen LogP contribution is 2.06. The number of hydrogen-bond acceptors (Lipinski definition) is 3. The van der Waals surface area contributed by atoms with Crippen molar-refractivity contribution in [3.05, 3.63) is 30.3 Å². The van der Waals surface area contributed by atoms with Gasteiger partial charge in [0.2, 0.25) is 11.8 Å². The van der Waals surface area contributed by atoms with Crippen LogP contribution in [0.15, 0.2) is 30.3 Å². The largest absolute Gasteiger partial charge is 0.336 e. The molecule has 0 aliphatic rings. The van der Waals surface area contributed by atoms with Crippen LogP contribution < -0.4 is 11.1 Å². The van der Waals surface area contributed by atoms with Crippen LogP contribution in [0.1, 0.15) is 32.1 Å². The van der Waals surface area contributed by atoms with Crippen LogP contribution in [0.5, 0.6) is 0 Å². The lowest BCUT2D eigenvalue weighted by Crippen LogP contribution is -2.34. The van der Waals surface area contributed by atoms with Crippen molar-refractivity contribution in [1.82, 2.24) is 4.90 Å². The molecule has 0 spiro atoms. The molecule has 5 nitrogen and oxygen atoms in total. The molecule has 0 atom stereocenters. The molecule has 0 saturated heterocycles. The van der Waals surface area contributed by atoms with Crippen LogP contribution in [0.3, 0.4) is 0 Å². The number of amides is 2. The molecule has 0 bridgehead atoms. The SMILES string of the molecule is CN(CC(=O)Nc1ccccc1)C(=O)CCCCCCN.Cl. The lowest BCUT2D eigenvalue weighted by atomic mass is 10.1. The number of nitrogens with one attached hydrogen (secondary N) is 1. The van der Waals surface area contributed by atoms with Crippen molar-refractivity contribution in [2.75, 3.05) is 25.5 Å². The number of rotatable bonds is 9. The van der Waals surface area contributed by atoms with E-state index in [1.54, 1.807) is 7.05 Å². The van der Waals surface area contributed by atoms with Crippen molar-refractivity contribution < 1.29 is 9.59 Å². The van der Waals surface area contributed by atoms with Gasteiger partial charge in [0.1, 0.15) is 0 Å². The van der Waals surface area contributed by atoms with Gasteiger partial charge >= 0.3 is 0 Å². The van der Waals surface area contributed by atoms with Crippen LogP contribution in [-0.2, 0) is 9.59 Å². The van der Waals surface area contributed by atoms with Crippen molar-refractivity contribution in [2.24, 2.45) is 5.73 Å². The highest BCUT2D eigenvalue weighted by atomic mass is 35.5. The third kappa shape index (κ3) is 8.64. The lowest BCUT2D eigenvalue weighted by Gasteiger charge is -2.16. The van der Waals surface area contributed by atoms with E-state index < -0.39 is 0 Å². The Bertz CT molecular complexity index is 440. The summed E-state index contributed by atoms with van der Waals surface area (Å²) in [5.41, 5.74) is 6.16. The lowest BCUT2D eigenvalue weighted by molar-refractivity contribution is -0.133. The standard InChI is InChI=1S/C16H25N3O2.ClH/c1-19(16(21)11-7-2-3-8-12-17)13-15(20)18-14-9-5-4-6-10-14;/h4-6,9-10H,2-3,7-8,11-13,17H2,1H3,(H,18,20);1H. The van der Waals surface area contributed by atoms with E-state index in [9.17, 15) is 9.59 Å². The van der Waals surface area contributed by atoms with Crippen molar-refractivity contribution in [1.29, 1.82) is 0 Å². The topological polar surface area (TPSA) is 75.4 Å². The molecule has 0 saturated carbocycles. The first-order valence-electron chi connectivity index (χ1n) is 7.42. The second kappa shape index (κ2) is 12.0. The number of unbranched alkanes of at least 4 members (excludes halogenated alkanes) is 3. The van der Waals surface area contributed by atoms with Gasteiger partial charge in [0, 0.05) is 19.2 Å². The van der Waals surface area contributed by atoms with Crippen LogP contribution in [0.4, 0.5) is 5.69 Å². The first-order valence-corrected chi connectivity index (χ1v) is 7.42. The number of anilines is 1. The zero-order valence-electron chi connectivity index (χ0n) is 13.1. The summed E-state index contributed by atoms with van der Waals surface area (Å²) in [5, 5.41) is 2.76. The van der Waals surface area contributed by atoms with Crippen molar-refractivity contribution in [3.63, 3.8) is 0 Å². The second-order valence-electron chi connectivity index (χ2n) is 5.12. The van der Waals surface area contributed by atoms with E-state index in [1.165, 1.54) is 4.90 Å². The predicted molar refractivity (Wildman–Crippen MR) is 92.1 cm³/mol. The molecule has 22 heavy (non-hydrogen) atoms. The minimum atomic E-state index is -0.180. The van der Waals surface area contributed by atoms with Gasteiger partial charge in [-0.3, -0.25) is 9.59 Å². The maximum Gasteiger partial charge on any atom is 0.243 e. The number of carbonyl (C=O) groups excluding carboxylic acids is 2. The fourth-order valence-corrected chi connectivity index (χ4v) is 1.99. The molecule has 1 rings (SSSR count). The van der Waals surface area contributed by atoms with Gasteiger partial charge in [-0.15, -0.1) is 12.4 Å². The van der Waals surface area contributed by atoms with Crippen LogP contribution in [0.25, 0.3) is 0 Å². The summed E-state index contributed by atoms with van der Waals surface area (Å²) in [6.07, 6.45) is 4.40. The van der Waals surface area contributed by atoms with E-state index in [2.05, 4.69) is 5.32 Å². The van der Waals surface area contributed by atoms with Crippen molar-refractivity contribution in [2.45, 2.75) is 32.1 Å². The quantitative estimate of drug-likeness (QED) is 0.684. The molecule has 6 heteroatoms. The summed E-state index contributed by atoms with van der Waals surface area (Å²) in [6.45, 7) is 0.782. The Hall–Kier alpha value is -1.59. The summed E-state index contributed by atoms with van der Waals surface area (Å²) < 4.78 is 0. The molecular formula is C16H26ClN3O2. The molecular weight excluding hydrogens is 302 g/mol. The fraction of sp³-hybridized carbons (Fsp3) is 0.500. The van der Waals surface area contributed by atoms with E-state index in [0.717, 1.165) is 31.4 Å². The first-order chi connectivity index (χ1) is 10.1. The van der Waals surface area contributed by atoms with Crippen LogP contribution in [0.2, 0.25) is 0 Å². The third-order valence-corrected chi connectivity index (χ3v) is 3.21. The number of nitrogens with zero attached hydrogens (tertiary/aromatic N) is 1. The van der Waals surface area contributed by atoms with E-state index in [-0.39, 0.29) is 30.8 Å². The molecule has 2 amide bonds. The average Bonchev–Trinajstić information content (AvgIpc) is 2.47. The molecule has 0 aliphatic carbocycles. The predicted octanol–water partition coefficient (Wildman–Crippen LogP) is 2.41. The smallest absolute Gasteiger partial charge is 0.243 e. The highest BCUT2D eigenvalue weighted by molar-refractivity contribution is 5.94. The Labute approximate surface area is 138 Å². The Kier molecular flexibility index (Phi) is 11.1. The number of likely N-dealkylation sites (N-methyl/N-ethyl adjacent to an activating group) is 1. The summed E-state index contributed by atoms with van der Waals surface area (Å²) in [4.78, 5) is 25.2. The van der Waals surface area contributed by atoms with Crippen LogP contribution in [-0.4, -0.2) is 36.9 Å². The molecule has 0 aliphatic heterocycles. The summed E-state index contributed by atoms with van der Waals surface area (Å²) in [6, 6.07) is 9.22. The van der Waals surface area contributed by atoms with E-state index in [1.807, 2.05) is 30.3 Å². The van der Waals surface area contributed by atoms with Gasteiger partial charge in [-0.2, -0.15) is 0 Å². The van der Waals surface area contributed by atoms with E-state index in [0.29, 0.717) is 13.0 Å². The van der Waals surface area contributed by atoms with Gasteiger partial charge in [-0.1, -0.05) is 31.0 Å².